The maximum Gasteiger partial charge on any atom is 0.407 e. The Bertz CT molecular complexity index is 322. The molecule has 1 aromatic rings. The van der Waals surface area contributed by atoms with Crippen molar-refractivity contribution in [3.63, 3.8) is 0 Å². The number of carbonyl (C=O) groups excluding carboxylic acids is 1. The van der Waals surface area contributed by atoms with E-state index in [0.717, 1.165) is 12.8 Å². The Hall–Kier alpha value is -1.77. The lowest BCUT2D eigenvalue weighted by Crippen LogP contribution is -2.25. The Morgan fingerprint density at radius 2 is 2.12 bits per heavy atom. The first-order valence-electron chi connectivity index (χ1n) is 5.38. The highest BCUT2D eigenvalue weighted by Gasteiger charge is 1.98. The summed E-state index contributed by atoms with van der Waals surface area (Å²) < 4.78 is 4.78. The SMILES string of the molecule is C=CCOC(=O)NCCCc1ccccc1. The summed E-state index contributed by atoms with van der Waals surface area (Å²) in [5, 5.41) is 2.68. The van der Waals surface area contributed by atoms with Crippen molar-refractivity contribution in [2.75, 3.05) is 13.2 Å². The summed E-state index contributed by atoms with van der Waals surface area (Å²) in [6, 6.07) is 10.2. The summed E-state index contributed by atoms with van der Waals surface area (Å²) in [7, 11) is 0. The number of carbonyl (C=O) groups is 1. The third-order valence-electron chi connectivity index (χ3n) is 2.09. The van der Waals surface area contributed by atoms with Crippen molar-refractivity contribution in [3.05, 3.63) is 48.6 Å². The van der Waals surface area contributed by atoms with Gasteiger partial charge in [-0.1, -0.05) is 43.0 Å². The smallest absolute Gasteiger partial charge is 0.407 e. The molecule has 16 heavy (non-hydrogen) atoms. The topological polar surface area (TPSA) is 38.3 Å². The predicted octanol–water partition coefficient (Wildman–Crippen LogP) is 2.53. The summed E-state index contributed by atoms with van der Waals surface area (Å²) in [4.78, 5) is 11.0. The number of ether oxygens (including phenoxy) is 1. The molecule has 0 bridgehead atoms. The highest BCUT2D eigenvalue weighted by Crippen LogP contribution is 2.01. The highest BCUT2D eigenvalue weighted by molar-refractivity contribution is 5.67. The summed E-state index contributed by atoms with van der Waals surface area (Å²) >= 11 is 0. The second-order valence-corrected chi connectivity index (χ2v) is 3.40. The van der Waals surface area contributed by atoms with Crippen LogP contribution in [-0.2, 0) is 11.2 Å². The molecule has 0 unspecified atom stereocenters. The molecular weight excluding hydrogens is 202 g/mol. The van der Waals surface area contributed by atoms with Gasteiger partial charge in [0.1, 0.15) is 6.61 Å². The lowest BCUT2D eigenvalue weighted by molar-refractivity contribution is 0.158. The van der Waals surface area contributed by atoms with Crippen LogP contribution in [0.1, 0.15) is 12.0 Å². The molecule has 0 saturated heterocycles. The van der Waals surface area contributed by atoms with Gasteiger partial charge in [0.2, 0.25) is 0 Å². The van der Waals surface area contributed by atoms with E-state index in [-0.39, 0.29) is 12.7 Å². The van der Waals surface area contributed by atoms with Crippen molar-refractivity contribution in [3.8, 4) is 0 Å². The molecule has 1 amide bonds. The Balaban J connectivity index is 2.08. The number of nitrogens with one attached hydrogen (secondary N) is 1. The van der Waals surface area contributed by atoms with Gasteiger partial charge in [-0.25, -0.2) is 4.79 Å². The van der Waals surface area contributed by atoms with E-state index in [1.807, 2.05) is 18.2 Å². The number of hydrogen-bond acceptors (Lipinski definition) is 2. The molecule has 0 aromatic heterocycles. The molecule has 86 valence electrons. The van der Waals surface area contributed by atoms with Gasteiger partial charge in [0.05, 0.1) is 0 Å². The highest BCUT2D eigenvalue weighted by atomic mass is 16.5. The van der Waals surface area contributed by atoms with Crippen LogP contribution in [0.4, 0.5) is 4.79 Å². The van der Waals surface area contributed by atoms with Gasteiger partial charge in [0, 0.05) is 6.54 Å². The zero-order chi connectivity index (χ0) is 11.6. The van der Waals surface area contributed by atoms with E-state index in [9.17, 15) is 4.79 Å². The van der Waals surface area contributed by atoms with Gasteiger partial charge in [-0.05, 0) is 18.4 Å². The maximum absolute atomic E-state index is 11.0. The molecule has 0 heterocycles. The van der Waals surface area contributed by atoms with Crippen molar-refractivity contribution in [2.24, 2.45) is 0 Å². The van der Waals surface area contributed by atoms with Gasteiger partial charge in [0.15, 0.2) is 0 Å². The summed E-state index contributed by atoms with van der Waals surface area (Å²) in [5.41, 5.74) is 1.28. The third kappa shape index (κ3) is 5.20. The number of rotatable bonds is 6. The molecule has 0 aliphatic heterocycles. The monoisotopic (exact) mass is 219 g/mol. The minimum absolute atomic E-state index is 0.254. The molecule has 3 heteroatoms. The third-order valence-corrected chi connectivity index (χ3v) is 2.09. The number of alkyl carbamates (subject to hydrolysis) is 1. The zero-order valence-electron chi connectivity index (χ0n) is 9.32. The standard InChI is InChI=1S/C13H17NO2/c1-2-11-16-13(15)14-10-6-9-12-7-4-3-5-8-12/h2-5,7-8H,1,6,9-11H2,(H,14,15). The van der Waals surface area contributed by atoms with E-state index in [1.165, 1.54) is 5.56 Å². The van der Waals surface area contributed by atoms with Gasteiger partial charge in [0.25, 0.3) is 0 Å². The van der Waals surface area contributed by atoms with Crippen molar-refractivity contribution < 1.29 is 9.53 Å². The fourth-order valence-corrected chi connectivity index (χ4v) is 1.31. The predicted molar refractivity (Wildman–Crippen MR) is 64.3 cm³/mol. The summed E-state index contributed by atoms with van der Waals surface area (Å²) in [5.74, 6) is 0. The van der Waals surface area contributed by atoms with Crippen molar-refractivity contribution in [1.82, 2.24) is 5.32 Å². The first kappa shape index (κ1) is 12.3. The minimum atomic E-state index is -0.382. The molecule has 0 fully saturated rings. The van der Waals surface area contributed by atoms with Crippen LogP contribution in [0.2, 0.25) is 0 Å². The van der Waals surface area contributed by atoms with Crippen molar-refractivity contribution in [2.45, 2.75) is 12.8 Å². The van der Waals surface area contributed by atoms with Crippen LogP contribution in [0, 0.1) is 0 Å². The van der Waals surface area contributed by atoms with Crippen LogP contribution in [0.3, 0.4) is 0 Å². The number of amides is 1. The van der Waals surface area contributed by atoms with E-state index in [4.69, 9.17) is 4.74 Å². The average Bonchev–Trinajstić information content (AvgIpc) is 2.33. The van der Waals surface area contributed by atoms with Gasteiger partial charge in [-0.3, -0.25) is 0 Å². The Labute approximate surface area is 96.1 Å². The Morgan fingerprint density at radius 3 is 2.81 bits per heavy atom. The van der Waals surface area contributed by atoms with Crippen LogP contribution in [0.5, 0.6) is 0 Å². The van der Waals surface area contributed by atoms with Crippen molar-refractivity contribution >= 4 is 6.09 Å². The van der Waals surface area contributed by atoms with Crippen LogP contribution in [0.15, 0.2) is 43.0 Å². The first-order chi connectivity index (χ1) is 7.83. The molecule has 0 saturated carbocycles. The van der Waals surface area contributed by atoms with Crippen LogP contribution in [-0.4, -0.2) is 19.2 Å². The van der Waals surface area contributed by atoms with E-state index in [1.54, 1.807) is 6.08 Å². The molecule has 3 nitrogen and oxygen atoms in total. The molecule has 0 spiro atoms. The van der Waals surface area contributed by atoms with Gasteiger partial charge in [-0.2, -0.15) is 0 Å². The summed E-state index contributed by atoms with van der Waals surface area (Å²) in [6.45, 7) is 4.35. The molecule has 0 atom stereocenters. The molecule has 1 aromatic carbocycles. The van der Waals surface area contributed by atoms with E-state index in [2.05, 4.69) is 24.0 Å². The minimum Gasteiger partial charge on any atom is -0.445 e. The average molecular weight is 219 g/mol. The number of aryl methyl sites for hydroxylation is 1. The fourth-order valence-electron chi connectivity index (χ4n) is 1.31. The van der Waals surface area contributed by atoms with E-state index < -0.39 is 0 Å². The number of hydrogen-bond donors (Lipinski definition) is 1. The van der Waals surface area contributed by atoms with Crippen LogP contribution < -0.4 is 5.32 Å². The molecule has 0 radical (unpaired) electrons. The zero-order valence-corrected chi connectivity index (χ0v) is 9.32. The van der Waals surface area contributed by atoms with E-state index >= 15 is 0 Å². The second-order valence-electron chi connectivity index (χ2n) is 3.40. The molecule has 1 rings (SSSR count). The Kier molecular flexibility index (Phi) is 5.78. The van der Waals surface area contributed by atoms with E-state index in [0.29, 0.717) is 6.54 Å². The van der Waals surface area contributed by atoms with Crippen LogP contribution >= 0.6 is 0 Å². The molecule has 0 aliphatic rings. The first-order valence-corrected chi connectivity index (χ1v) is 5.38. The maximum atomic E-state index is 11.0. The Morgan fingerprint density at radius 1 is 1.38 bits per heavy atom. The van der Waals surface area contributed by atoms with Crippen LogP contribution in [0.25, 0.3) is 0 Å². The van der Waals surface area contributed by atoms with Gasteiger partial charge >= 0.3 is 6.09 Å². The normalized spacial score (nSPS) is 9.50. The lowest BCUT2D eigenvalue weighted by atomic mass is 10.1. The quantitative estimate of drug-likeness (QED) is 0.589. The van der Waals surface area contributed by atoms with Gasteiger partial charge < -0.3 is 10.1 Å². The molecule has 1 N–H and O–H groups in total. The second kappa shape index (κ2) is 7.51. The molecule has 0 aliphatic carbocycles. The van der Waals surface area contributed by atoms with Gasteiger partial charge in [-0.15, -0.1) is 0 Å². The largest absolute Gasteiger partial charge is 0.445 e. The van der Waals surface area contributed by atoms with Crippen molar-refractivity contribution in [1.29, 1.82) is 0 Å². The molecular formula is C13H17NO2. The summed E-state index contributed by atoms with van der Waals surface area (Å²) in [6.07, 6.45) is 3.03. The lowest BCUT2D eigenvalue weighted by Gasteiger charge is -2.05. The fraction of sp³-hybridized carbons (Fsp3) is 0.308. The number of benzene rings is 1.